The van der Waals surface area contributed by atoms with Crippen molar-refractivity contribution >= 4 is 39.5 Å². The Kier molecular flexibility index (Phi) is 6.38. The molecule has 31 heavy (non-hydrogen) atoms. The molecule has 0 amide bonds. The second kappa shape index (κ2) is 8.69. The topological polar surface area (TPSA) is 91.9 Å². The van der Waals surface area contributed by atoms with Crippen molar-refractivity contribution in [3.05, 3.63) is 80.7 Å². The molecule has 0 saturated carbocycles. The molecule has 0 aliphatic rings. The van der Waals surface area contributed by atoms with Crippen molar-refractivity contribution in [2.24, 2.45) is 0 Å². The zero-order valence-corrected chi connectivity index (χ0v) is 19.3. The van der Waals surface area contributed by atoms with Gasteiger partial charge in [-0.25, -0.2) is 13.5 Å². The van der Waals surface area contributed by atoms with Gasteiger partial charge in [-0.05, 0) is 45.9 Å². The van der Waals surface area contributed by atoms with Gasteiger partial charge in [0.05, 0.1) is 23.0 Å². The monoisotopic (exact) mass is 457 g/mol. The lowest BCUT2D eigenvalue weighted by Crippen LogP contribution is -2.14. The third kappa shape index (κ3) is 6.06. The second-order valence-corrected chi connectivity index (χ2v) is 10.5. The predicted molar refractivity (Wildman–Crippen MR) is 128 cm³/mol. The Morgan fingerprint density at radius 3 is 2.26 bits per heavy atom. The molecule has 0 spiro atoms. The number of nitrogens with zero attached hydrogens (tertiary/aromatic N) is 1. The summed E-state index contributed by atoms with van der Waals surface area (Å²) < 4.78 is 25.1. The Morgan fingerprint density at radius 2 is 1.68 bits per heavy atom. The van der Waals surface area contributed by atoms with E-state index < -0.39 is 10.0 Å². The molecule has 2 aromatic carbocycles. The fraction of sp³-hybridized carbons (Fsp3) is 0.217. The number of anilines is 1. The molecular formula is C23H24ClN3O3S. The first kappa shape index (κ1) is 22.8. The standard InChI is InChI=1S/C23H24ClN3O3S/c1-23(2,3)18-12-16(11-17(13-18)21-20(24)14-25-26-22(21)28)6-5-15-7-9-19(10-8-15)27-31(4,29)30/h5-14,27H,1-4H3,(H,26,28). The van der Waals surface area contributed by atoms with E-state index in [0.29, 0.717) is 21.8 Å². The van der Waals surface area contributed by atoms with Crippen LogP contribution in [0.25, 0.3) is 23.3 Å². The van der Waals surface area contributed by atoms with Crippen LogP contribution in [0.1, 0.15) is 37.5 Å². The van der Waals surface area contributed by atoms with Crippen LogP contribution in [-0.4, -0.2) is 24.9 Å². The molecule has 3 aromatic rings. The average molecular weight is 458 g/mol. The molecule has 6 nitrogen and oxygen atoms in total. The van der Waals surface area contributed by atoms with E-state index in [1.54, 1.807) is 12.1 Å². The molecule has 1 aromatic heterocycles. The zero-order chi connectivity index (χ0) is 22.8. The van der Waals surface area contributed by atoms with Crippen LogP contribution in [0.3, 0.4) is 0 Å². The maximum Gasteiger partial charge on any atom is 0.273 e. The van der Waals surface area contributed by atoms with Gasteiger partial charge in [-0.3, -0.25) is 9.52 Å². The highest BCUT2D eigenvalue weighted by molar-refractivity contribution is 7.92. The lowest BCUT2D eigenvalue weighted by molar-refractivity contribution is 0.590. The van der Waals surface area contributed by atoms with Gasteiger partial charge < -0.3 is 0 Å². The molecule has 0 unspecified atom stereocenters. The highest BCUT2D eigenvalue weighted by Crippen LogP contribution is 2.31. The second-order valence-electron chi connectivity index (χ2n) is 8.35. The summed E-state index contributed by atoms with van der Waals surface area (Å²) in [5.41, 5.74) is 4.00. The molecule has 0 radical (unpaired) electrons. The van der Waals surface area contributed by atoms with Gasteiger partial charge in [0.25, 0.3) is 5.56 Å². The number of nitrogens with one attached hydrogen (secondary N) is 2. The molecule has 0 saturated heterocycles. The summed E-state index contributed by atoms with van der Waals surface area (Å²) in [6.45, 7) is 6.31. The van der Waals surface area contributed by atoms with Crippen LogP contribution in [0.2, 0.25) is 5.02 Å². The SMILES string of the molecule is CC(C)(C)c1cc(C=Cc2ccc(NS(C)(=O)=O)cc2)cc(-c2c(Cl)cn[nH]c2=O)c1. The number of benzene rings is 2. The van der Waals surface area contributed by atoms with Crippen molar-refractivity contribution in [1.82, 2.24) is 10.2 Å². The van der Waals surface area contributed by atoms with E-state index in [0.717, 1.165) is 22.9 Å². The molecule has 0 bridgehead atoms. The molecule has 8 heteroatoms. The highest BCUT2D eigenvalue weighted by atomic mass is 35.5. The van der Waals surface area contributed by atoms with Gasteiger partial charge >= 0.3 is 0 Å². The predicted octanol–water partition coefficient (Wildman–Crippen LogP) is 4.93. The normalized spacial score (nSPS) is 12.3. The van der Waals surface area contributed by atoms with E-state index in [9.17, 15) is 13.2 Å². The van der Waals surface area contributed by atoms with Crippen LogP contribution >= 0.6 is 11.6 Å². The number of aromatic nitrogens is 2. The Morgan fingerprint density at radius 1 is 1.03 bits per heavy atom. The third-order valence-corrected chi connectivity index (χ3v) is 5.50. The van der Waals surface area contributed by atoms with Crippen molar-refractivity contribution in [3.8, 4) is 11.1 Å². The van der Waals surface area contributed by atoms with E-state index >= 15 is 0 Å². The van der Waals surface area contributed by atoms with Gasteiger partial charge in [0.15, 0.2) is 0 Å². The minimum Gasteiger partial charge on any atom is -0.284 e. The summed E-state index contributed by atoms with van der Waals surface area (Å²) in [7, 11) is -3.31. The van der Waals surface area contributed by atoms with Gasteiger partial charge in [-0.1, -0.05) is 68.8 Å². The summed E-state index contributed by atoms with van der Waals surface area (Å²) in [5, 5.41) is 6.47. The van der Waals surface area contributed by atoms with Crippen LogP contribution in [0.4, 0.5) is 5.69 Å². The molecule has 0 fully saturated rings. The van der Waals surface area contributed by atoms with Crippen molar-refractivity contribution in [2.45, 2.75) is 26.2 Å². The number of sulfonamides is 1. The molecule has 3 rings (SSSR count). The molecule has 2 N–H and O–H groups in total. The zero-order valence-electron chi connectivity index (χ0n) is 17.7. The molecule has 0 aliphatic heterocycles. The van der Waals surface area contributed by atoms with E-state index in [4.69, 9.17) is 11.6 Å². The first-order valence-corrected chi connectivity index (χ1v) is 11.8. The Labute approximate surface area is 187 Å². The van der Waals surface area contributed by atoms with Gasteiger partial charge in [0.2, 0.25) is 10.0 Å². The van der Waals surface area contributed by atoms with E-state index in [-0.39, 0.29) is 11.0 Å². The number of hydrogen-bond donors (Lipinski definition) is 2. The average Bonchev–Trinajstić information content (AvgIpc) is 2.65. The summed E-state index contributed by atoms with van der Waals surface area (Å²) in [4.78, 5) is 12.4. The fourth-order valence-electron chi connectivity index (χ4n) is 3.04. The molecular weight excluding hydrogens is 434 g/mol. The van der Waals surface area contributed by atoms with Crippen LogP contribution in [0.15, 0.2) is 53.5 Å². The van der Waals surface area contributed by atoms with E-state index in [1.165, 1.54) is 6.20 Å². The van der Waals surface area contributed by atoms with Crippen LogP contribution in [-0.2, 0) is 15.4 Å². The maximum atomic E-state index is 12.4. The summed E-state index contributed by atoms with van der Waals surface area (Å²) in [6, 6.07) is 13.0. The smallest absolute Gasteiger partial charge is 0.273 e. The van der Waals surface area contributed by atoms with E-state index in [1.807, 2.05) is 36.4 Å². The van der Waals surface area contributed by atoms with Crippen LogP contribution in [0.5, 0.6) is 0 Å². The number of H-pyrrole nitrogens is 1. The Hall–Kier alpha value is -2.90. The maximum absolute atomic E-state index is 12.4. The number of hydrogen-bond acceptors (Lipinski definition) is 4. The number of halogens is 1. The van der Waals surface area contributed by atoms with Gasteiger partial charge in [-0.15, -0.1) is 0 Å². The highest BCUT2D eigenvalue weighted by Gasteiger charge is 2.17. The Bertz CT molecular complexity index is 1290. The minimum absolute atomic E-state index is 0.135. The lowest BCUT2D eigenvalue weighted by atomic mass is 9.84. The minimum atomic E-state index is -3.31. The van der Waals surface area contributed by atoms with E-state index in [2.05, 4.69) is 41.8 Å². The quantitative estimate of drug-likeness (QED) is 0.531. The fourth-order valence-corrected chi connectivity index (χ4v) is 3.85. The Balaban J connectivity index is 2.00. The third-order valence-electron chi connectivity index (χ3n) is 4.60. The van der Waals surface area contributed by atoms with Crippen molar-refractivity contribution in [1.29, 1.82) is 0 Å². The first-order valence-electron chi connectivity index (χ1n) is 9.57. The molecule has 162 valence electrons. The molecule has 1 heterocycles. The lowest BCUT2D eigenvalue weighted by Gasteiger charge is -2.21. The number of rotatable bonds is 5. The summed E-state index contributed by atoms with van der Waals surface area (Å²) >= 11 is 6.27. The summed E-state index contributed by atoms with van der Waals surface area (Å²) in [5.74, 6) is 0. The summed E-state index contributed by atoms with van der Waals surface area (Å²) in [6.07, 6.45) is 6.40. The van der Waals surface area contributed by atoms with Crippen molar-refractivity contribution in [2.75, 3.05) is 11.0 Å². The van der Waals surface area contributed by atoms with Gasteiger partial charge in [-0.2, -0.15) is 5.10 Å². The largest absolute Gasteiger partial charge is 0.284 e. The first-order chi connectivity index (χ1) is 14.4. The van der Waals surface area contributed by atoms with Crippen molar-refractivity contribution < 1.29 is 8.42 Å². The van der Waals surface area contributed by atoms with Crippen LogP contribution < -0.4 is 10.3 Å². The van der Waals surface area contributed by atoms with Crippen molar-refractivity contribution in [3.63, 3.8) is 0 Å². The molecule has 0 aliphatic carbocycles. The van der Waals surface area contributed by atoms with Gasteiger partial charge in [0, 0.05) is 5.69 Å². The van der Waals surface area contributed by atoms with Gasteiger partial charge in [0.1, 0.15) is 0 Å². The van der Waals surface area contributed by atoms with Crippen LogP contribution in [0, 0.1) is 0 Å². The molecule has 0 atom stereocenters. The number of aromatic amines is 1.